The Bertz CT molecular complexity index is 1120. The summed E-state index contributed by atoms with van der Waals surface area (Å²) in [5, 5.41) is 5.40. The fraction of sp³-hybridized carbons (Fsp3) is 0.188. The monoisotopic (exact) mass is 338 g/mol. The number of thioether (sulfide) groups is 1. The Hall–Kier alpha value is -2.74. The Balaban J connectivity index is 1.66. The van der Waals surface area contributed by atoms with Gasteiger partial charge in [0.2, 0.25) is 0 Å². The van der Waals surface area contributed by atoms with Crippen molar-refractivity contribution >= 4 is 33.8 Å². The highest BCUT2D eigenvalue weighted by Crippen LogP contribution is 2.24. The Kier molecular flexibility index (Phi) is 3.53. The first kappa shape index (κ1) is 14.8. The molecule has 0 fully saturated rings. The molecule has 0 amide bonds. The summed E-state index contributed by atoms with van der Waals surface area (Å²) in [6.45, 7) is 1.93. The summed E-state index contributed by atoms with van der Waals surface area (Å²) < 4.78 is 1.60. The van der Waals surface area contributed by atoms with Crippen LogP contribution in [0.3, 0.4) is 0 Å². The third-order valence-corrected chi connectivity index (χ3v) is 4.78. The van der Waals surface area contributed by atoms with Crippen LogP contribution in [0.25, 0.3) is 22.1 Å². The molecule has 1 aromatic carbocycles. The number of aryl methyl sites for hydroxylation is 2. The minimum absolute atomic E-state index is 0.176. The van der Waals surface area contributed by atoms with E-state index < -0.39 is 0 Å². The van der Waals surface area contributed by atoms with Crippen molar-refractivity contribution in [3.63, 3.8) is 0 Å². The zero-order valence-electron chi connectivity index (χ0n) is 13.1. The molecule has 24 heavy (non-hydrogen) atoms. The van der Waals surface area contributed by atoms with E-state index in [1.165, 1.54) is 18.0 Å². The quantitative estimate of drug-likeness (QED) is 0.576. The number of aromatic amines is 1. The lowest BCUT2D eigenvalue weighted by atomic mass is 10.3. The smallest absolute Gasteiger partial charge is 0.262 e. The van der Waals surface area contributed by atoms with E-state index in [1.807, 2.05) is 31.2 Å². The van der Waals surface area contributed by atoms with E-state index in [2.05, 4.69) is 25.0 Å². The number of nitrogens with one attached hydrogen (secondary N) is 1. The maximum Gasteiger partial charge on any atom is 0.262 e. The summed E-state index contributed by atoms with van der Waals surface area (Å²) >= 11 is 1.50. The van der Waals surface area contributed by atoms with Gasteiger partial charge in [-0.25, -0.2) is 15.0 Å². The van der Waals surface area contributed by atoms with Gasteiger partial charge in [-0.2, -0.15) is 5.10 Å². The molecule has 0 saturated carbocycles. The molecule has 0 atom stereocenters. The van der Waals surface area contributed by atoms with Crippen LogP contribution in [0.15, 0.2) is 40.3 Å². The molecule has 0 saturated heterocycles. The number of fused-ring (bicyclic) bond motifs is 2. The normalized spacial score (nSPS) is 11.4. The number of nitrogens with zero attached hydrogens (tertiary/aromatic N) is 5. The molecular formula is C16H14N6OS. The second kappa shape index (κ2) is 5.72. The van der Waals surface area contributed by atoms with Gasteiger partial charge in [0, 0.05) is 7.05 Å². The molecule has 0 unspecified atom stereocenters. The molecule has 0 aliphatic carbocycles. The largest absolute Gasteiger partial charge is 0.309 e. The first-order valence-electron chi connectivity index (χ1n) is 7.39. The molecule has 4 aromatic rings. The predicted octanol–water partition coefficient (Wildman–Crippen LogP) is 2.20. The predicted molar refractivity (Wildman–Crippen MR) is 93.0 cm³/mol. The first-order chi connectivity index (χ1) is 11.6. The third-order valence-electron chi connectivity index (χ3n) is 3.70. The van der Waals surface area contributed by atoms with Crippen molar-refractivity contribution in [2.45, 2.75) is 17.7 Å². The second-order valence-corrected chi connectivity index (χ2v) is 6.37. The number of rotatable bonds is 3. The lowest BCUT2D eigenvalue weighted by molar-refractivity contribution is 0.782. The minimum Gasteiger partial charge on any atom is -0.309 e. The molecular weight excluding hydrogens is 324 g/mol. The van der Waals surface area contributed by atoms with Gasteiger partial charge in [-0.05, 0) is 19.1 Å². The van der Waals surface area contributed by atoms with E-state index in [0.29, 0.717) is 22.6 Å². The van der Waals surface area contributed by atoms with Crippen LogP contribution in [0, 0.1) is 6.92 Å². The van der Waals surface area contributed by atoms with Crippen LogP contribution in [0.4, 0.5) is 0 Å². The van der Waals surface area contributed by atoms with Crippen molar-refractivity contribution < 1.29 is 0 Å². The number of hydrogen-bond acceptors (Lipinski definition) is 6. The van der Waals surface area contributed by atoms with Gasteiger partial charge < -0.3 is 4.98 Å². The van der Waals surface area contributed by atoms with E-state index in [9.17, 15) is 4.79 Å². The summed E-state index contributed by atoms with van der Waals surface area (Å²) in [7, 11) is 1.77. The van der Waals surface area contributed by atoms with Gasteiger partial charge in [-0.3, -0.25) is 9.48 Å². The second-order valence-electron chi connectivity index (χ2n) is 5.41. The number of benzene rings is 1. The molecule has 0 spiro atoms. The van der Waals surface area contributed by atoms with Gasteiger partial charge in [-0.15, -0.1) is 0 Å². The molecule has 0 radical (unpaired) electrons. The molecule has 0 bridgehead atoms. The fourth-order valence-corrected chi connectivity index (χ4v) is 3.32. The standard InChI is InChI=1S/C16H14N6OS/c1-9-16(19-12-6-4-3-5-11(12)18-9)24-8-13-20-14-10(15(23)21-13)7-17-22(14)2/h3-7H,8H2,1-2H3,(H,20,21,23). The zero-order chi connectivity index (χ0) is 16.7. The van der Waals surface area contributed by atoms with E-state index in [-0.39, 0.29) is 5.56 Å². The summed E-state index contributed by atoms with van der Waals surface area (Å²) in [5.74, 6) is 1.10. The summed E-state index contributed by atoms with van der Waals surface area (Å²) in [6.07, 6.45) is 1.52. The average Bonchev–Trinajstić information content (AvgIpc) is 2.95. The van der Waals surface area contributed by atoms with Crippen molar-refractivity contribution in [2.75, 3.05) is 0 Å². The highest BCUT2D eigenvalue weighted by molar-refractivity contribution is 7.98. The molecule has 120 valence electrons. The molecule has 0 aliphatic heterocycles. The van der Waals surface area contributed by atoms with Gasteiger partial charge in [0.15, 0.2) is 5.65 Å². The molecule has 8 heteroatoms. The van der Waals surface area contributed by atoms with Crippen LogP contribution in [0.5, 0.6) is 0 Å². The van der Waals surface area contributed by atoms with Crippen LogP contribution in [-0.2, 0) is 12.8 Å². The van der Waals surface area contributed by atoms with Crippen LogP contribution < -0.4 is 5.56 Å². The molecule has 3 heterocycles. The summed E-state index contributed by atoms with van der Waals surface area (Å²) in [4.78, 5) is 28.6. The molecule has 0 aliphatic rings. The average molecular weight is 338 g/mol. The Morgan fingerprint density at radius 3 is 2.71 bits per heavy atom. The highest BCUT2D eigenvalue weighted by atomic mass is 32.2. The zero-order valence-corrected chi connectivity index (χ0v) is 14.0. The van der Waals surface area contributed by atoms with Crippen molar-refractivity contribution in [1.82, 2.24) is 29.7 Å². The number of aromatic nitrogens is 6. The number of H-pyrrole nitrogens is 1. The minimum atomic E-state index is -0.176. The molecule has 7 nitrogen and oxygen atoms in total. The maximum absolute atomic E-state index is 12.1. The first-order valence-corrected chi connectivity index (χ1v) is 8.37. The van der Waals surface area contributed by atoms with Crippen molar-refractivity contribution in [2.24, 2.45) is 7.05 Å². The van der Waals surface area contributed by atoms with Gasteiger partial charge in [0.1, 0.15) is 16.2 Å². The van der Waals surface area contributed by atoms with Gasteiger partial charge in [0.25, 0.3) is 5.56 Å². The van der Waals surface area contributed by atoms with Gasteiger partial charge >= 0.3 is 0 Å². The number of hydrogen-bond donors (Lipinski definition) is 1. The van der Waals surface area contributed by atoms with Crippen molar-refractivity contribution in [3.05, 3.63) is 52.3 Å². The Labute approximate surface area is 141 Å². The number of para-hydroxylation sites is 2. The highest BCUT2D eigenvalue weighted by Gasteiger charge is 2.10. The Morgan fingerprint density at radius 1 is 1.17 bits per heavy atom. The summed E-state index contributed by atoms with van der Waals surface area (Å²) in [6, 6.07) is 7.77. The SMILES string of the molecule is Cc1nc2ccccc2nc1SCc1nc2c(cnn2C)c(=O)[nH]1. The lowest BCUT2D eigenvalue weighted by Gasteiger charge is -2.06. The van der Waals surface area contributed by atoms with E-state index in [0.717, 1.165) is 21.8 Å². The van der Waals surface area contributed by atoms with Crippen molar-refractivity contribution in [3.8, 4) is 0 Å². The molecule has 1 N–H and O–H groups in total. The van der Waals surface area contributed by atoms with Gasteiger partial charge in [-0.1, -0.05) is 23.9 Å². The van der Waals surface area contributed by atoms with Crippen LogP contribution in [-0.4, -0.2) is 29.7 Å². The maximum atomic E-state index is 12.1. The van der Waals surface area contributed by atoms with E-state index in [4.69, 9.17) is 0 Å². The van der Waals surface area contributed by atoms with Crippen molar-refractivity contribution in [1.29, 1.82) is 0 Å². The van der Waals surface area contributed by atoms with E-state index >= 15 is 0 Å². The fourth-order valence-electron chi connectivity index (χ4n) is 2.49. The molecule has 3 aromatic heterocycles. The van der Waals surface area contributed by atoms with Crippen LogP contribution >= 0.6 is 11.8 Å². The van der Waals surface area contributed by atoms with Gasteiger partial charge in [0.05, 0.1) is 28.7 Å². The lowest BCUT2D eigenvalue weighted by Crippen LogP contribution is -2.11. The topological polar surface area (TPSA) is 89.3 Å². The summed E-state index contributed by atoms with van der Waals surface area (Å²) in [5.41, 5.74) is 3.00. The third kappa shape index (κ3) is 2.54. The van der Waals surface area contributed by atoms with E-state index in [1.54, 1.807) is 11.7 Å². The van der Waals surface area contributed by atoms with Crippen LogP contribution in [0.1, 0.15) is 11.5 Å². The van der Waals surface area contributed by atoms with Crippen LogP contribution in [0.2, 0.25) is 0 Å². The Morgan fingerprint density at radius 2 is 1.92 bits per heavy atom. The molecule has 4 rings (SSSR count).